The molecule has 0 aromatic rings. The van der Waals surface area contributed by atoms with Crippen molar-refractivity contribution in [1.29, 1.82) is 0 Å². The molecule has 0 N–H and O–H groups in total. The third-order valence-electron chi connectivity index (χ3n) is 0.273. The fraction of sp³-hybridized carbons (Fsp3) is 0.667. The molecule has 48 valence electrons. The monoisotopic (exact) mass is 164 g/mol. The highest BCUT2D eigenvalue weighted by Crippen LogP contribution is 2.24. The summed E-state index contributed by atoms with van der Waals surface area (Å²) in [6.45, 7) is 0. The Morgan fingerprint density at radius 2 is 1.62 bits per heavy atom. The molecule has 0 amide bonds. The van der Waals surface area contributed by atoms with Crippen molar-refractivity contribution in [3.05, 3.63) is 6.42 Å². The zero-order chi connectivity index (χ0) is 6.78. The van der Waals surface area contributed by atoms with E-state index < -0.39 is 11.0 Å². The maximum Gasteiger partial charge on any atom is 0.399 e. The van der Waals surface area contributed by atoms with Crippen LogP contribution in [0.1, 0.15) is 0 Å². The first kappa shape index (κ1) is 8.37. The fourth-order valence-corrected chi connectivity index (χ4v) is 0.371. The second-order valence-electron chi connectivity index (χ2n) is 0.943. The van der Waals surface area contributed by atoms with Crippen molar-refractivity contribution in [3.8, 4) is 0 Å². The van der Waals surface area contributed by atoms with Gasteiger partial charge in [0.2, 0.25) is 0 Å². The fourth-order valence-electron chi connectivity index (χ4n) is 0.124. The third kappa shape index (κ3) is 6.37. The Bertz CT molecular complexity index is 67.4. The molecule has 0 fully saturated rings. The summed E-state index contributed by atoms with van der Waals surface area (Å²) in [5, 5.41) is 0. The third-order valence-corrected chi connectivity index (χ3v) is 0.491. The van der Waals surface area contributed by atoms with Gasteiger partial charge in [-0.1, -0.05) is 0 Å². The normalized spacial score (nSPS) is 12.8. The summed E-state index contributed by atoms with van der Waals surface area (Å²) in [5.74, 6) is 0. The van der Waals surface area contributed by atoms with Gasteiger partial charge in [0.05, 0.1) is 0 Å². The van der Waals surface area contributed by atoms with Gasteiger partial charge in [-0.15, -0.1) is 23.2 Å². The molecule has 0 unspecified atom stereocenters. The van der Waals surface area contributed by atoms with Crippen molar-refractivity contribution < 1.29 is 13.2 Å². The summed E-state index contributed by atoms with van der Waals surface area (Å²) in [6.07, 6.45) is -3.58. The predicted molar refractivity (Wildman–Crippen MR) is 24.8 cm³/mol. The number of halogens is 5. The first-order chi connectivity index (χ1) is 3.42. The SMILES string of the molecule is FC(F)(F)[C]C(Cl)Cl. The van der Waals surface area contributed by atoms with E-state index in [-0.39, 0.29) is 0 Å². The molecule has 0 saturated heterocycles. The van der Waals surface area contributed by atoms with E-state index in [0.29, 0.717) is 0 Å². The Morgan fingerprint density at radius 3 is 1.62 bits per heavy atom. The van der Waals surface area contributed by atoms with E-state index in [4.69, 9.17) is 23.2 Å². The molecule has 0 aromatic heterocycles. The largest absolute Gasteiger partial charge is 0.399 e. The number of alkyl halides is 5. The average molecular weight is 165 g/mol. The smallest absolute Gasteiger partial charge is 0.170 e. The van der Waals surface area contributed by atoms with E-state index in [0.717, 1.165) is 6.42 Å². The van der Waals surface area contributed by atoms with Gasteiger partial charge in [0, 0.05) is 0 Å². The van der Waals surface area contributed by atoms with Crippen molar-refractivity contribution in [1.82, 2.24) is 0 Å². The lowest BCUT2D eigenvalue weighted by Crippen LogP contribution is -2.12. The van der Waals surface area contributed by atoms with Crippen molar-refractivity contribution in [2.75, 3.05) is 0 Å². The predicted octanol–water partition coefficient (Wildman–Crippen LogP) is 2.43. The molecule has 0 atom stereocenters. The summed E-state index contributed by atoms with van der Waals surface area (Å²) >= 11 is 9.39. The van der Waals surface area contributed by atoms with Gasteiger partial charge in [0.25, 0.3) is 0 Å². The van der Waals surface area contributed by atoms with E-state index >= 15 is 0 Å². The van der Waals surface area contributed by atoms with Gasteiger partial charge in [-0.05, 0) is 0 Å². The van der Waals surface area contributed by atoms with Crippen LogP contribution < -0.4 is 0 Å². The van der Waals surface area contributed by atoms with Gasteiger partial charge in [0.15, 0.2) is 0 Å². The van der Waals surface area contributed by atoms with Crippen LogP contribution in [-0.4, -0.2) is 11.0 Å². The van der Waals surface area contributed by atoms with E-state index in [1.807, 2.05) is 0 Å². The molecule has 5 heteroatoms. The van der Waals surface area contributed by atoms with Crippen LogP contribution >= 0.6 is 23.2 Å². The maximum absolute atomic E-state index is 11.0. The number of rotatable bonds is 1. The van der Waals surface area contributed by atoms with Gasteiger partial charge in [0.1, 0.15) is 11.3 Å². The standard InChI is InChI=1S/C3HCl2F3/c4-2(5)1-3(6,7)8/h2H. The summed E-state index contributed by atoms with van der Waals surface area (Å²) in [4.78, 5) is -1.59. The summed E-state index contributed by atoms with van der Waals surface area (Å²) in [7, 11) is 0. The molecule has 0 saturated carbocycles. The van der Waals surface area contributed by atoms with E-state index in [1.165, 1.54) is 0 Å². The Balaban J connectivity index is 3.39. The van der Waals surface area contributed by atoms with Crippen molar-refractivity contribution in [2.45, 2.75) is 11.0 Å². The number of hydrogen-bond donors (Lipinski definition) is 0. The van der Waals surface area contributed by atoms with Crippen molar-refractivity contribution in [2.24, 2.45) is 0 Å². The molecule has 0 nitrogen and oxygen atoms in total. The van der Waals surface area contributed by atoms with E-state index in [9.17, 15) is 13.2 Å². The minimum absolute atomic E-state index is 0.913. The second kappa shape index (κ2) is 2.78. The molecule has 0 spiro atoms. The molecular formula is C3HCl2F3. The molecule has 0 heterocycles. The van der Waals surface area contributed by atoms with Gasteiger partial charge in [-0.3, -0.25) is 0 Å². The van der Waals surface area contributed by atoms with Crippen LogP contribution in [0.15, 0.2) is 0 Å². The van der Waals surface area contributed by atoms with Crippen LogP contribution in [0.4, 0.5) is 13.2 Å². The van der Waals surface area contributed by atoms with Crippen LogP contribution in [-0.2, 0) is 0 Å². The quantitative estimate of drug-likeness (QED) is 0.523. The Hall–Kier alpha value is 0.370. The lowest BCUT2D eigenvalue weighted by atomic mass is 10.5. The lowest BCUT2D eigenvalue weighted by Gasteiger charge is -2.02. The maximum atomic E-state index is 11.0. The molecule has 0 aromatic carbocycles. The zero-order valence-corrected chi connectivity index (χ0v) is 4.98. The summed E-state index contributed by atoms with van der Waals surface area (Å²) in [5.41, 5.74) is 0. The molecule has 0 rings (SSSR count). The molecule has 0 bridgehead atoms. The minimum Gasteiger partial charge on any atom is -0.170 e. The highest BCUT2D eigenvalue weighted by molar-refractivity contribution is 6.45. The van der Waals surface area contributed by atoms with Gasteiger partial charge < -0.3 is 0 Å². The first-order valence-corrected chi connectivity index (χ1v) is 2.41. The van der Waals surface area contributed by atoms with Crippen LogP contribution in [0.2, 0.25) is 0 Å². The zero-order valence-electron chi connectivity index (χ0n) is 3.47. The van der Waals surface area contributed by atoms with Crippen LogP contribution in [0, 0.1) is 6.42 Å². The minimum atomic E-state index is -4.49. The molecule has 8 heavy (non-hydrogen) atoms. The molecule has 0 aliphatic rings. The Kier molecular flexibility index (Phi) is 2.91. The Labute approximate surface area is 54.6 Å². The van der Waals surface area contributed by atoms with Crippen LogP contribution in [0.3, 0.4) is 0 Å². The van der Waals surface area contributed by atoms with E-state index in [1.54, 1.807) is 0 Å². The van der Waals surface area contributed by atoms with Gasteiger partial charge >= 0.3 is 6.18 Å². The van der Waals surface area contributed by atoms with Crippen LogP contribution in [0.25, 0.3) is 0 Å². The highest BCUT2D eigenvalue weighted by atomic mass is 35.5. The molecular weight excluding hydrogens is 164 g/mol. The van der Waals surface area contributed by atoms with Gasteiger partial charge in [-0.2, -0.15) is 13.2 Å². The Morgan fingerprint density at radius 1 is 1.25 bits per heavy atom. The molecule has 0 aliphatic carbocycles. The van der Waals surface area contributed by atoms with Gasteiger partial charge in [-0.25, -0.2) is 0 Å². The lowest BCUT2D eigenvalue weighted by molar-refractivity contribution is -0.0959. The first-order valence-electron chi connectivity index (χ1n) is 1.54. The van der Waals surface area contributed by atoms with E-state index in [2.05, 4.69) is 0 Å². The summed E-state index contributed by atoms with van der Waals surface area (Å²) < 4.78 is 33.1. The van der Waals surface area contributed by atoms with Crippen molar-refractivity contribution >= 4 is 23.2 Å². The molecule has 2 radical (unpaired) electrons. The van der Waals surface area contributed by atoms with Crippen molar-refractivity contribution in [3.63, 3.8) is 0 Å². The summed E-state index contributed by atoms with van der Waals surface area (Å²) in [6, 6.07) is 0. The molecule has 0 aliphatic heterocycles. The highest BCUT2D eigenvalue weighted by Gasteiger charge is 2.31. The average Bonchev–Trinajstić information content (AvgIpc) is 1.21. The number of hydrogen-bond acceptors (Lipinski definition) is 0. The van der Waals surface area contributed by atoms with Crippen LogP contribution in [0.5, 0.6) is 0 Å². The second-order valence-corrected chi connectivity index (χ2v) is 2.04. The topological polar surface area (TPSA) is 0 Å².